The number of anilines is 2. The van der Waals surface area contributed by atoms with Crippen molar-refractivity contribution < 1.29 is 8.42 Å². The van der Waals surface area contributed by atoms with Crippen LogP contribution in [0.15, 0.2) is 88.2 Å². The van der Waals surface area contributed by atoms with Crippen molar-refractivity contribution >= 4 is 37.3 Å². The molecular weight excluding hydrogens is 436 g/mol. The zero-order valence-corrected chi connectivity index (χ0v) is 17.8. The summed E-state index contributed by atoms with van der Waals surface area (Å²) in [6.07, 6.45) is 0.682. The summed E-state index contributed by atoms with van der Waals surface area (Å²) in [5.74, 6) is 0. The van der Waals surface area contributed by atoms with Gasteiger partial charge in [-0.05, 0) is 61.4 Å². The van der Waals surface area contributed by atoms with Crippen LogP contribution in [0.2, 0.25) is 0 Å². The summed E-state index contributed by atoms with van der Waals surface area (Å²) < 4.78 is 29.3. The van der Waals surface area contributed by atoms with E-state index in [0.717, 1.165) is 21.4 Å². The van der Waals surface area contributed by atoms with E-state index in [-0.39, 0.29) is 12.1 Å². The number of nitrogens with one attached hydrogen (secondary N) is 1. The average Bonchev–Trinajstić information content (AvgIpc) is 2.69. The predicted octanol–water partition coefficient (Wildman–Crippen LogP) is 5.59. The Morgan fingerprint density at radius 2 is 1.57 bits per heavy atom. The van der Waals surface area contributed by atoms with E-state index in [9.17, 15) is 8.42 Å². The van der Waals surface area contributed by atoms with Gasteiger partial charge in [-0.25, -0.2) is 8.42 Å². The Hall–Kier alpha value is -2.31. The molecule has 1 aliphatic rings. The highest BCUT2D eigenvalue weighted by molar-refractivity contribution is 9.10. The molecule has 0 bridgehead atoms. The summed E-state index contributed by atoms with van der Waals surface area (Å²) in [7, 11) is -3.65. The molecular formula is C22H21BrN2O2S. The van der Waals surface area contributed by atoms with Crippen LogP contribution < -0.4 is 9.62 Å². The molecule has 6 heteroatoms. The first kappa shape index (κ1) is 19.0. The molecule has 0 aromatic heterocycles. The van der Waals surface area contributed by atoms with Crippen molar-refractivity contribution in [3.05, 3.63) is 88.9 Å². The van der Waals surface area contributed by atoms with E-state index >= 15 is 0 Å². The van der Waals surface area contributed by atoms with Gasteiger partial charge in [0, 0.05) is 16.2 Å². The minimum Gasteiger partial charge on any atom is -0.378 e. The Morgan fingerprint density at radius 1 is 0.929 bits per heavy atom. The molecule has 4 rings (SSSR count). The summed E-state index contributed by atoms with van der Waals surface area (Å²) in [6.45, 7) is 1.96. The summed E-state index contributed by atoms with van der Waals surface area (Å²) in [4.78, 5) is 0.298. The minimum atomic E-state index is -3.65. The number of rotatable bonds is 4. The first-order valence-electron chi connectivity index (χ1n) is 9.17. The van der Waals surface area contributed by atoms with Gasteiger partial charge in [-0.3, -0.25) is 4.31 Å². The lowest BCUT2D eigenvalue weighted by molar-refractivity contribution is 0.537. The Balaban J connectivity index is 1.75. The van der Waals surface area contributed by atoms with Crippen LogP contribution in [0.1, 0.15) is 24.9 Å². The van der Waals surface area contributed by atoms with E-state index in [2.05, 4.69) is 21.2 Å². The maximum Gasteiger partial charge on any atom is 0.264 e. The SMILES string of the molecule is C[C@@H]1C[C@@H](Nc2ccccc2)c2ccccc2N1S(=O)(=O)c1ccc(Br)cc1. The molecule has 0 aliphatic carbocycles. The molecule has 144 valence electrons. The lowest BCUT2D eigenvalue weighted by Gasteiger charge is -2.40. The van der Waals surface area contributed by atoms with E-state index in [4.69, 9.17) is 0 Å². The Labute approximate surface area is 174 Å². The molecule has 0 fully saturated rings. The van der Waals surface area contributed by atoms with Crippen molar-refractivity contribution in [2.24, 2.45) is 0 Å². The van der Waals surface area contributed by atoms with Crippen molar-refractivity contribution in [3.63, 3.8) is 0 Å². The standard InChI is InChI=1S/C22H21BrN2O2S/c1-16-15-21(24-18-7-3-2-4-8-18)20-9-5-6-10-22(20)25(16)28(26,27)19-13-11-17(23)12-14-19/h2-14,16,21,24H,15H2,1H3/t16-,21-/m1/s1. The Kier molecular flexibility index (Phi) is 5.17. The fourth-order valence-electron chi connectivity index (χ4n) is 3.74. The number of nitrogens with zero attached hydrogens (tertiary/aromatic N) is 1. The molecule has 0 saturated heterocycles. The molecule has 0 saturated carbocycles. The molecule has 3 aromatic rings. The monoisotopic (exact) mass is 456 g/mol. The van der Waals surface area contributed by atoms with Gasteiger partial charge in [-0.2, -0.15) is 0 Å². The maximum absolute atomic E-state index is 13.4. The molecule has 3 aromatic carbocycles. The second-order valence-electron chi connectivity index (χ2n) is 6.96. The third kappa shape index (κ3) is 3.54. The van der Waals surface area contributed by atoms with E-state index in [1.54, 1.807) is 28.6 Å². The van der Waals surface area contributed by atoms with Gasteiger partial charge >= 0.3 is 0 Å². The Bertz CT molecular complexity index is 1070. The second kappa shape index (κ2) is 7.60. The summed E-state index contributed by atoms with van der Waals surface area (Å²) in [5, 5.41) is 3.56. The fourth-order valence-corrected chi connectivity index (χ4v) is 5.70. The van der Waals surface area contributed by atoms with Crippen molar-refractivity contribution in [2.45, 2.75) is 30.3 Å². The lowest BCUT2D eigenvalue weighted by Crippen LogP contribution is -2.44. The molecule has 4 nitrogen and oxygen atoms in total. The van der Waals surface area contributed by atoms with Gasteiger partial charge in [0.25, 0.3) is 10.0 Å². The number of benzene rings is 3. The van der Waals surface area contributed by atoms with Crippen molar-refractivity contribution in [1.29, 1.82) is 0 Å². The van der Waals surface area contributed by atoms with Crippen LogP contribution in [0.4, 0.5) is 11.4 Å². The highest BCUT2D eigenvalue weighted by Gasteiger charge is 2.37. The summed E-state index contributed by atoms with van der Waals surface area (Å²) in [5.41, 5.74) is 2.75. The predicted molar refractivity (Wildman–Crippen MR) is 117 cm³/mol. The van der Waals surface area contributed by atoms with Crippen molar-refractivity contribution in [2.75, 3.05) is 9.62 Å². The third-order valence-electron chi connectivity index (χ3n) is 5.01. The van der Waals surface area contributed by atoms with Crippen LogP contribution >= 0.6 is 15.9 Å². The second-order valence-corrected chi connectivity index (χ2v) is 9.69. The number of fused-ring (bicyclic) bond motifs is 1. The zero-order valence-electron chi connectivity index (χ0n) is 15.4. The van der Waals surface area contributed by atoms with Gasteiger partial charge in [0.1, 0.15) is 0 Å². The number of para-hydroxylation sites is 2. The van der Waals surface area contributed by atoms with E-state index in [0.29, 0.717) is 11.3 Å². The van der Waals surface area contributed by atoms with Crippen LogP contribution in [0.3, 0.4) is 0 Å². The summed E-state index contributed by atoms with van der Waals surface area (Å²) >= 11 is 3.37. The normalized spacial score (nSPS) is 19.1. The zero-order chi connectivity index (χ0) is 19.7. The smallest absolute Gasteiger partial charge is 0.264 e. The van der Waals surface area contributed by atoms with Crippen molar-refractivity contribution in [1.82, 2.24) is 0 Å². The quantitative estimate of drug-likeness (QED) is 0.556. The molecule has 1 aliphatic heterocycles. The van der Waals surface area contributed by atoms with Crippen LogP contribution in [0.25, 0.3) is 0 Å². The van der Waals surface area contributed by atoms with Crippen molar-refractivity contribution in [3.8, 4) is 0 Å². The molecule has 1 heterocycles. The minimum absolute atomic E-state index is 0.0463. The number of halogens is 1. The third-order valence-corrected chi connectivity index (χ3v) is 7.48. The highest BCUT2D eigenvalue weighted by atomic mass is 79.9. The molecule has 2 atom stereocenters. The van der Waals surface area contributed by atoms with E-state index < -0.39 is 10.0 Å². The number of sulfonamides is 1. The van der Waals surface area contributed by atoms with Gasteiger partial charge in [0.05, 0.1) is 16.6 Å². The van der Waals surface area contributed by atoms with Gasteiger partial charge in [-0.15, -0.1) is 0 Å². The largest absolute Gasteiger partial charge is 0.378 e. The van der Waals surface area contributed by atoms with E-state index in [1.165, 1.54) is 0 Å². The summed E-state index contributed by atoms with van der Waals surface area (Å²) in [6, 6.07) is 24.4. The molecule has 0 radical (unpaired) electrons. The number of hydrogen-bond donors (Lipinski definition) is 1. The first-order chi connectivity index (χ1) is 13.5. The lowest BCUT2D eigenvalue weighted by atomic mass is 9.93. The molecule has 0 amide bonds. The number of hydrogen-bond acceptors (Lipinski definition) is 3. The molecule has 0 spiro atoms. The van der Waals surface area contributed by atoms with Crippen LogP contribution in [-0.2, 0) is 10.0 Å². The van der Waals surface area contributed by atoms with E-state index in [1.807, 2.05) is 61.5 Å². The van der Waals surface area contributed by atoms with Gasteiger partial charge in [-0.1, -0.05) is 52.3 Å². The molecule has 28 heavy (non-hydrogen) atoms. The average molecular weight is 457 g/mol. The van der Waals surface area contributed by atoms with Gasteiger partial charge in [0.15, 0.2) is 0 Å². The fraction of sp³-hybridized carbons (Fsp3) is 0.182. The Morgan fingerprint density at radius 3 is 2.29 bits per heavy atom. The van der Waals surface area contributed by atoms with Crippen LogP contribution in [0, 0.1) is 0 Å². The van der Waals surface area contributed by atoms with Gasteiger partial charge in [0.2, 0.25) is 0 Å². The maximum atomic E-state index is 13.4. The highest BCUT2D eigenvalue weighted by Crippen LogP contribution is 2.41. The van der Waals surface area contributed by atoms with Crippen LogP contribution in [0.5, 0.6) is 0 Å². The molecule has 0 unspecified atom stereocenters. The molecule has 1 N–H and O–H groups in total. The van der Waals surface area contributed by atoms with Gasteiger partial charge < -0.3 is 5.32 Å². The topological polar surface area (TPSA) is 49.4 Å². The first-order valence-corrected chi connectivity index (χ1v) is 11.4. The van der Waals surface area contributed by atoms with Crippen LogP contribution in [-0.4, -0.2) is 14.5 Å².